The molecule has 0 aromatic heterocycles. The van der Waals surface area contributed by atoms with Gasteiger partial charge in [-0.15, -0.1) is 0 Å². The number of hydrogen-bond donors (Lipinski definition) is 1. The standard InChI is InChI=1S/C15H29F3N2/c1-12(2)13(7-8-19)5-3-9-20-10-4-6-14(11-20)15(16,17)18/h12-14H,3-11,19H2,1-2H3. The van der Waals surface area contributed by atoms with Crippen molar-refractivity contribution in [1.29, 1.82) is 0 Å². The first-order valence-electron chi connectivity index (χ1n) is 7.83. The third kappa shape index (κ3) is 6.00. The van der Waals surface area contributed by atoms with Crippen LogP contribution in [0.4, 0.5) is 13.2 Å². The van der Waals surface area contributed by atoms with Crippen LogP contribution in [0.5, 0.6) is 0 Å². The van der Waals surface area contributed by atoms with Crippen LogP contribution in [-0.4, -0.2) is 37.3 Å². The minimum atomic E-state index is -4.03. The summed E-state index contributed by atoms with van der Waals surface area (Å²) in [6, 6.07) is 0. The highest BCUT2D eigenvalue weighted by atomic mass is 19.4. The molecule has 0 saturated carbocycles. The molecular weight excluding hydrogens is 265 g/mol. The summed E-state index contributed by atoms with van der Waals surface area (Å²) in [4.78, 5) is 1.99. The number of piperidine rings is 1. The van der Waals surface area contributed by atoms with Crippen molar-refractivity contribution in [2.24, 2.45) is 23.5 Å². The van der Waals surface area contributed by atoms with E-state index in [0.717, 1.165) is 32.4 Å². The number of hydrogen-bond acceptors (Lipinski definition) is 2. The second-order valence-electron chi connectivity index (χ2n) is 6.41. The monoisotopic (exact) mass is 294 g/mol. The van der Waals surface area contributed by atoms with Gasteiger partial charge in [0.15, 0.2) is 0 Å². The van der Waals surface area contributed by atoms with Gasteiger partial charge in [-0.1, -0.05) is 13.8 Å². The maximum absolute atomic E-state index is 12.7. The minimum Gasteiger partial charge on any atom is -0.330 e. The Morgan fingerprint density at radius 3 is 2.50 bits per heavy atom. The van der Waals surface area contributed by atoms with E-state index in [4.69, 9.17) is 5.73 Å². The molecule has 0 aliphatic carbocycles. The summed E-state index contributed by atoms with van der Waals surface area (Å²) < 4.78 is 38.2. The Morgan fingerprint density at radius 1 is 1.25 bits per heavy atom. The minimum absolute atomic E-state index is 0.187. The van der Waals surface area contributed by atoms with E-state index in [0.29, 0.717) is 31.2 Å². The van der Waals surface area contributed by atoms with Gasteiger partial charge in [-0.2, -0.15) is 13.2 Å². The second-order valence-corrected chi connectivity index (χ2v) is 6.41. The van der Waals surface area contributed by atoms with Crippen molar-refractivity contribution in [3.8, 4) is 0 Å². The van der Waals surface area contributed by atoms with Gasteiger partial charge in [0, 0.05) is 6.54 Å². The Labute approximate surface area is 120 Å². The molecule has 2 N–H and O–H groups in total. The van der Waals surface area contributed by atoms with Gasteiger partial charge >= 0.3 is 6.18 Å². The molecule has 20 heavy (non-hydrogen) atoms. The van der Waals surface area contributed by atoms with E-state index in [1.807, 2.05) is 4.90 Å². The molecule has 2 unspecified atom stereocenters. The number of halogens is 3. The Bertz CT molecular complexity index is 266. The number of nitrogens with two attached hydrogens (primary N) is 1. The molecule has 2 nitrogen and oxygen atoms in total. The van der Waals surface area contributed by atoms with Crippen molar-refractivity contribution >= 4 is 0 Å². The molecule has 5 heteroatoms. The van der Waals surface area contributed by atoms with Crippen molar-refractivity contribution in [3.05, 3.63) is 0 Å². The zero-order valence-corrected chi connectivity index (χ0v) is 12.8. The quantitative estimate of drug-likeness (QED) is 0.776. The highest BCUT2D eigenvalue weighted by Crippen LogP contribution is 2.33. The lowest BCUT2D eigenvalue weighted by Gasteiger charge is -2.34. The van der Waals surface area contributed by atoms with Gasteiger partial charge in [0.05, 0.1) is 5.92 Å². The van der Waals surface area contributed by atoms with Crippen LogP contribution in [0.3, 0.4) is 0 Å². The fourth-order valence-electron chi connectivity index (χ4n) is 3.13. The SMILES string of the molecule is CC(C)C(CCN)CCCN1CCCC(C(F)(F)F)C1. The molecule has 1 saturated heterocycles. The highest BCUT2D eigenvalue weighted by Gasteiger charge is 2.41. The summed E-state index contributed by atoms with van der Waals surface area (Å²) in [6.07, 6.45) is -0.000612. The van der Waals surface area contributed by atoms with Crippen LogP contribution in [0.2, 0.25) is 0 Å². The molecule has 0 bridgehead atoms. The molecule has 1 aliphatic rings. The zero-order valence-electron chi connectivity index (χ0n) is 12.8. The van der Waals surface area contributed by atoms with Gasteiger partial charge in [-0.25, -0.2) is 0 Å². The van der Waals surface area contributed by atoms with Crippen LogP contribution in [0.25, 0.3) is 0 Å². The van der Waals surface area contributed by atoms with Crippen LogP contribution >= 0.6 is 0 Å². The van der Waals surface area contributed by atoms with Gasteiger partial charge in [0.1, 0.15) is 0 Å². The topological polar surface area (TPSA) is 29.3 Å². The van der Waals surface area contributed by atoms with E-state index in [2.05, 4.69) is 13.8 Å². The predicted octanol–water partition coefficient (Wildman–Crippen LogP) is 3.66. The van der Waals surface area contributed by atoms with Gasteiger partial charge in [-0.05, 0) is 63.6 Å². The fraction of sp³-hybridized carbons (Fsp3) is 1.00. The summed E-state index contributed by atoms with van der Waals surface area (Å²) in [6.45, 7) is 6.88. The smallest absolute Gasteiger partial charge is 0.330 e. The third-order valence-electron chi connectivity index (χ3n) is 4.50. The van der Waals surface area contributed by atoms with E-state index in [9.17, 15) is 13.2 Å². The van der Waals surface area contributed by atoms with E-state index >= 15 is 0 Å². The number of nitrogens with zero attached hydrogens (tertiary/aromatic N) is 1. The maximum atomic E-state index is 12.7. The summed E-state index contributed by atoms with van der Waals surface area (Å²) in [7, 11) is 0. The molecule has 1 heterocycles. The predicted molar refractivity (Wildman–Crippen MR) is 76.5 cm³/mol. The third-order valence-corrected chi connectivity index (χ3v) is 4.50. The Balaban J connectivity index is 2.30. The first-order valence-corrected chi connectivity index (χ1v) is 7.83. The lowest BCUT2D eigenvalue weighted by molar-refractivity contribution is -0.186. The molecule has 1 aliphatic heterocycles. The van der Waals surface area contributed by atoms with Crippen LogP contribution in [0.15, 0.2) is 0 Å². The molecule has 120 valence electrons. The van der Waals surface area contributed by atoms with Gasteiger partial charge in [-0.3, -0.25) is 0 Å². The first-order chi connectivity index (χ1) is 9.34. The normalized spacial score (nSPS) is 23.2. The average Bonchev–Trinajstić information content (AvgIpc) is 2.37. The lowest BCUT2D eigenvalue weighted by atomic mass is 9.88. The summed E-state index contributed by atoms with van der Waals surface area (Å²) >= 11 is 0. The van der Waals surface area contributed by atoms with E-state index < -0.39 is 12.1 Å². The van der Waals surface area contributed by atoms with Crippen molar-refractivity contribution in [2.45, 2.75) is 52.1 Å². The largest absolute Gasteiger partial charge is 0.393 e. The molecule has 0 amide bonds. The maximum Gasteiger partial charge on any atom is 0.393 e. The first kappa shape index (κ1) is 17.8. The second kappa shape index (κ2) is 8.23. The van der Waals surface area contributed by atoms with Gasteiger partial charge in [0.2, 0.25) is 0 Å². The summed E-state index contributed by atoms with van der Waals surface area (Å²) in [5.74, 6) is 0.0761. The van der Waals surface area contributed by atoms with Crippen LogP contribution < -0.4 is 5.73 Å². The van der Waals surface area contributed by atoms with Crippen molar-refractivity contribution in [2.75, 3.05) is 26.2 Å². The number of likely N-dealkylation sites (tertiary alicyclic amines) is 1. The number of alkyl halides is 3. The van der Waals surface area contributed by atoms with Crippen molar-refractivity contribution in [1.82, 2.24) is 4.90 Å². The molecule has 1 fully saturated rings. The van der Waals surface area contributed by atoms with Gasteiger partial charge in [0.25, 0.3) is 0 Å². The highest BCUT2D eigenvalue weighted by molar-refractivity contribution is 4.78. The average molecular weight is 294 g/mol. The summed E-state index contributed by atoms with van der Waals surface area (Å²) in [5, 5.41) is 0. The zero-order chi connectivity index (χ0) is 15.2. The van der Waals surface area contributed by atoms with Crippen molar-refractivity contribution in [3.63, 3.8) is 0 Å². The summed E-state index contributed by atoms with van der Waals surface area (Å²) in [5.41, 5.74) is 5.61. The van der Waals surface area contributed by atoms with Crippen LogP contribution in [-0.2, 0) is 0 Å². The fourth-order valence-corrected chi connectivity index (χ4v) is 3.13. The molecule has 1 rings (SSSR count). The molecular formula is C15H29F3N2. The Hall–Kier alpha value is -0.290. The van der Waals surface area contributed by atoms with E-state index in [-0.39, 0.29) is 6.54 Å². The van der Waals surface area contributed by atoms with Crippen LogP contribution in [0, 0.1) is 17.8 Å². The van der Waals surface area contributed by atoms with Crippen molar-refractivity contribution < 1.29 is 13.2 Å². The molecule has 2 atom stereocenters. The Morgan fingerprint density at radius 2 is 1.95 bits per heavy atom. The molecule has 0 aromatic carbocycles. The molecule has 0 aromatic rings. The Kier molecular flexibility index (Phi) is 7.30. The number of rotatable bonds is 7. The van der Waals surface area contributed by atoms with E-state index in [1.165, 1.54) is 0 Å². The lowest BCUT2D eigenvalue weighted by Crippen LogP contribution is -2.42. The van der Waals surface area contributed by atoms with Crippen LogP contribution in [0.1, 0.15) is 46.0 Å². The molecule has 0 radical (unpaired) electrons. The van der Waals surface area contributed by atoms with E-state index in [1.54, 1.807) is 0 Å². The molecule has 0 spiro atoms. The van der Waals surface area contributed by atoms with Gasteiger partial charge < -0.3 is 10.6 Å².